The standard InChI is InChI=1S/C28H34N2O3/c1-4-6-8-18-32-28(31)21(3)33-26-16-14-24(15-17-26)27-29-19-25(20-30-27)23-12-10-22(11-13-23)9-7-5-2/h10-17,19-21H,4-9,18H2,1-3H3. The normalized spacial score (nSPS) is 11.7. The van der Waals surface area contributed by atoms with Gasteiger partial charge in [0.15, 0.2) is 11.9 Å². The van der Waals surface area contributed by atoms with Gasteiger partial charge in [0.1, 0.15) is 5.75 Å². The molecule has 0 N–H and O–H groups in total. The van der Waals surface area contributed by atoms with Crippen molar-refractivity contribution in [2.24, 2.45) is 0 Å². The molecule has 0 aliphatic carbocycles. The van der Waals surface area contributed by atoms with E-state index in [4.69, 9.17) is 9.47 Å². The van der Waals surface area contributed by atoms with E-state index in [1.807, 2.05) is 36.7 Å². The predicted molar refractivity (Wildman–Crippen MR) is 132 cm³/mol. The molecule has 0 saturated heterocycles. The number of carbonyl (C=O) groups is 1. The highest BCUT2D eigenvalue weighted by Crippen LogP contribution is 2.23. The lowest BCUT2D eigenvalue weighted by Gasteiger charge is -2.14. The van der Waals surface area contributed by atoms with Crippen LogP contribution in [0, 0.1) is 0 Å². The number of benzene rings is 2. The van der Waals surface area contributed by atoms with Gasteiger partial charge in [-0.05, 0) is 61.6 Å². The van der Waals surface area contributed by atoms with Crippen molar-refractivity contribution in [2.75, 3.05) is 6.61 Å². The zero-order valence-corrected chi connectivity index (χ0v) is 19.9. The van der Waals surface area contributed by atoms with Crippen LogP contribution in [0.4, 0.5) is 0 Å². The average molecular weight is 447 g/mol. The molecular formula is C28H34N2O3. The zero-order chi connectivity index (χ0) is 23.5. The molecule has 0 saturated carbocycles. The van der Waals surface area contributed by atoms with Gasteiger partial charge in [-0.25, -0.2) is 14.8 Å². The van der Waals surface area contributed by atoms with Crippen molar-refractivity contribution in [1.82, 2.24) is 9.97 Å². The lowest BCUT2D eigenvalue weighted by molar-refractivity contribution is -0.151. The Morgan fingerprint density at radius 1 is 0.818 bits per heavy atom. The van der Waals surface area contributed by atoms with E-state index in [2.05, 4.69) is 48.1 Å². The maximum atomic E-state index is 12.0. The maximum absolute atomic E-state index is 12.0. The highest BCUT2D eigenvalue weighted by molar-refractivity contribution is 5.74. The summed E-state index contributed by atoms with van der Waals surface area (Å²) in [5, 5.41) is 0. The number of carbonyl (C=O) groups excluding carboxylic acids is 1. The third-order valence-electron chi connectivity index (χ3n) is 5.51. The Kier molecular flexibility index (Phi) is 9.43. The van der Waals surface area contributed by atoms with Gasteiger partial charge in [-0.15, -0.1) is 0 Å². The number of esters is 1. The summed E-state index contributed by atoms with van der Waals surface area (Å²) in [5.74, 6) is 0.914. The molecule has 2 aromatic carbocycles. The highest BCUT2D eigenvalue weighted by atomic mass is 16.6. The van der Waals surface area contributed by atoms with E-state index in [1.165, 1.54) is 18.4 Å². The second kappa shape index (κ2) is 12.7. The SMILES string of the molecule is CCCCCOC(=O)C(C)Oc1ccc(-c2ncc(-c3ccc(CCCC)cc3)cn2)cc1. The summed E-state index contributed by atoms with van der Waals surface area (Å²) >= 11 is 0. The van der Waals surface area contributed by atoms with Crippen molar-refractivity contribution in [3.8, 4) is 28.3 Å². The molecule has 0 amide bonds. The van der Waals surface area contributed by atoms with Crippen LogP contribution in [0.15, 0.2) is 60.9 Å². The second-order valence-electron chi connectivity index (χ2n) is 8.25. The van der Waals surface area contributed by atoms with Gasteiger partial charge in [0.25, 0.3) is 0 Å². The van der Waals surface area contributed by atoms with Gasteiger partial charge in [0.05, 0.1) is 6.61 Å². The molecule has 0 aliphatic heterocycles. The molecule has 5 nitrogen and oxygen atoms in total. The molecule has 0 aliphatic rings. The zero-order valence-electron chi connectivity index (χ0n) is 19.9. The van der Waals surface area contributed by atoms with Crippen molar-refractivity contribution in [2.45, 2.75) is 65.4 Å². The fourth-order valence-electron chi connectivity index (χ4n) is 3.45. The molecule has 1 heterocycles. The average Bonchev–Trinajstić information content (AvgIpc) is 2.86. The van der Waals surface area contributed by atoms with Gasteiger partial charge in [0, 0.05) is 23.5 Å². The van der Waals surface area contributed by atoms with E-state index in [-0.39, 0.29) is 5.97 Å². The van der Waals surface area contributed by atoms with Gasteiger partial charge in [-0.2, -0.15) is 0 Å². The van der Waals surface area contributed by atoms with E-state index >= 15 is 0 Å². The van der Waals surface area contributed by atoms with Crippen molar-refractivity contribution >= 4 is 5.97 Å². The van der Waals surface area contributed by atoms with Crippen LogP contribution in [0.1, 0.15) is 58.4 Å². The summed E-state index contributed by atoms with van der Waals surface area (Å²) in [6.07, 6.45) is 9.61. The Morgan fingerprint density at radius 3 is 2.09 bits per heavy atom. The van der Waals surface area contributed by atoms with Crippen LogP contribution in [0.2, 0.25) is 0 Å². The van der Waals surface area contributed by atoms with Crippen molar-refractivity contribution in [1.29, 1.82) is 0 Å². The Balaban J connectivity index is 1.56. The smallest absolute Gasteiger partial charge is 0.347 e. The van der Waals surface area contributed by atoms with E-state index in [1.54, 1.807) is 6.92 Å². The molecule has 1 aromatic heterocycles. The number of nitrogens with zero attached hydrogens (tertiary/aromatic N) is 2. The third kappa shape index (κ3) is 7.41. The first-order valence-corrected chi connectivity index (χ1v) is 12.0. The van der Waals surface area contributed by atoms with Crippen molar-refractivity contribution in [3.63, 3.8) is 0 Å². The summed E-state index contributed by atoms with van der Waals surface area (Å²) in [5.41, 5.74) is 4.35. The van der Waals surface area contributed by atoms with Gasteiger partial charge < -0.3 is 9.47 Å². The molecule has 174 valence electrons. The third-order valence-corrected chi connectivity index (χ3v) is 5.51. The largest absolute Gasteiger partial charge is 0.479 e. The molecule has 0 radical (unpaired) electrons. The molecule has 3 rings (SSSR count). The minimum Gasteiger partial charge on any atom is -0.479 e. The molecule has 0 fully saturated rings. The van der Waals surface area contributed by atoms with Crippen LogP contribution >= 0.6 is 0 Å². The molecule has 3 aromatic rings. The van der Waals surface area contributed by atoms with Crippen molar-refractivity contribution in [3.05, 3.63) is 66.5 Å². The van der Waals surface area contributed by atoms with Crippen LogP contribution in [0.25, 0.3) is 22.5 Å². The van der Waals surface area contributed by atoms with Crippen molar-refractivity contribution < 1.29 is 14.3 Å². The molecule has 0 bridgehead atoms. The summed E-state index contributed by atoms with van der Waals surface area (Å²) in [4.78, 5) is 21.1. The number of unbranched alkanes of at least 4 members (excludes halogenated alkanes) is 3. The van der Waals surface area contributed by atoms with Gasteiger partial charge in [0.2, 0.25) is 0 Å². The summed E-state index contributed by atoms with van der Waals surface area (Å²) in [6, 6.07) is 16.1. The molecular weight excluding hydrogens is 412 g/mol. The number of rotatable bonds is 12. The van der Waals surface area contributed by atoms with E-state index in [0.29, 0.717) is 18.2 Å². The first-order valence-electron chi connectivity index (χ1n) is 12.0. The Morgan fingerprint density at radius 2 is 1.45 bits per heavy atom. The Bertz CT molecular complexity index is 983. The van der Waals surface area contributed by atoms with E-state index in [9.17, 15) is 4.79 Å². The van der Waals surface area contributed by atoms with Crippen LogP contribution in [0.3, 0.4) is 0 Å². The summed E-state index contributed by atoms with van der Waals surface area (Å²) in [7, 11) is 0. The van der Waals surface area contributed by atoms with Crippen LogP contribution in [-0.4, -0.2) is 28.6 Å². The Hall–Kier alpha value is -3.21. The minimum atomic E-state index is -0.652. The lowest BCUT2D eigenvalue weighted by Crippen LogP contribution is -2.26. The molecule has 1 unspecified atom stereocenters. The first kappa shape index (κ1) is 24.4. The summed E-state index contributed by atoms with van der Waals surface area (Å²) in [6.45, 7) is 6.47. The van der Waals surface area contributed by atoms with E-state index < -0.39 is 6.10 Å². The van der Waals surface area contributed by atoms with Gasteiger partial charge >= 0.3 is 5.97 Å². The second-order valence-corrected chi connectivity index (χ2v) is 8.25. The molecule has 33 heavy (non-hydrogen) atoms. The molecule has 1 atom stereocenters. The number of hydrogen-bond acceptors (Lipinski definition) is 5. The van der Waals surface area contributed by atoms with Crippen LogP contribution in [0.5, 0.6) is 5.75 Å². The van der Waals surface area contributed by atoms with Gasteiger partial charge in [-0.3, -0.25) is 0 Å². The monoisotopic (exact) mass is 446 g/mol. The predicted octanol–water partition coefficient (Wildman–Crippen LogP) is 6.65. The van der Waals surface area contributed by atoms with Crippen LogP contribution in [-0.2, 0) is 16.0 Å². The first-order chi connectivity index (χ1) is 16.1. The molecule has 0 spiro atoms. The summed E-state index contributed by atoms with van der Waals surface area (Å²) < 4.78 is 11.0. The topological polar surface area (TPSA) is 61.3 Å². The quantitative estimate of drug-likeness (QED) is 0.230. The number of hydrogen-bond donors (Lipinski definition) is 0. The Labute approximate surface area is 197 Å². The number of aromatic nitrogens is 2. The minimum absolute atomic E-state index is 0.340. The molecule has 5 heteroatoms. The lowest BCUT2D eigenvalue weighted by atomic mass is 10.0. The maximum Gasteiger partial charge on any atom is 0.347 e. The van der Waals surface area contributed by atoms with Crippen LogP contribution < -0.4 is 4.74 Å². The fourth-order valence-corrected chi connectivity index (χ4v) is 3.45. The number of aryl methyl sites for hydroxylation is 1. The van der Waals surface area contributed by atoms with Gasteiger partial charge in [-0.1, -0.05) is 57.4 Å². The number of ether oxygens (including phenoxy) is 2. The van der Waals surface area contributed by atoms with E-state index in [0.717, 1.165) is 42.4 Å². The highest BCUT2D eigenvalue weighted by Gasteiger charge is 2.16. The fraction of sp³-hybridized carbons (Fsp3) is 0.393.